The Hall–Kier alpha value is -6.21. The molecular weight excluding hydrogens is 1200 g/mol. The van der Waals surface area contributed by atoms with E-state index in [-0.39, 0.29) is 48.8 Å². The van der Waals surface area contributed by atoms with E-state index in [4.69, 9.17) is 4.74 Å². The molecule has 0 radical (unpaired) electrons. The van der Waals surface area contributed by atoms with Gasteiger partial charge < -0.3 is 65.2 Å². The predicted octanol–water partition coefficient (Wildman–Crippen LogP) is 3.44. The van der Waals surface area contributed by atoms with Crippen LogP contribution >= 0.6 is 0 Å². The molecule has 14 unspecified atom stereocenters. The zero-order valence-corrected chi connectivity index (χ0v) is 61.5. The van der Waals surface area contributed by atoms with Crippen LogP contribution in [0.2, 0.25) is 0 Å². The first-order valence-corrected chi connectivity index (χ1v) is 34.6. The highest BCUT2D eigenvalue weighted by Gasteiger charge is 2.50. The molecule has 4 N–H and O–H groups in total. The van der Waals surface area contributed by atoms with Crippen LogP contribution in [0.4, 0.5) is 0 Å². The van der Waals surface area contributed by atoms with Crippen LogP contribution in [0.1, 0.15) is 162 Å². The molecule has 0 aromatic heterocycles. The smallest absolute Gasteiger partial charge is 0.248 e. The molecule has 11 amide bonds. The highest BCUT2D eigenvalue weighted by atomic mass is 16.5. The zero-order chi connectivity index (χ0) is 71.5. The fourth-order valence-corrected chi connectivity index (χ4v) is 13.2. The largest absolute Gasteiger partial charge is 0.370 e. The van der Waals surface area contributed by atoms with Gasteiger partial charge in [0.2, 0.25) is 65.5 Å². The highest BCUT2D eigenvalue weighted by Crippen LogP contribution is 2.31. The molecule has 14 atom stereocenters. The zero-order valence-electron chi connectivity index (χ0n) is 61.5. The standard InChI is InChI=1S/C69H123N13O12/c1-24-27-29-45(12)59-58(80(23)69(93)57(49(16)94-59)79(22)67(91)54(38-43(8)9)77(20)66(90)53(37-42(6)7)74(17)40-83)63(87)72-51(25-2)65(89)75(18)48(15)64(88)78(21)56(46(13)39-81-32-34-82(35-33-81)50-30-28-31-50)62(86)73-55(44(10)11)68(92)76(19)52(36-41(4)5)61(85)71-47(14)60(84)70-26-3/h24,27,40-59H,25-26,28-39H2,1-23H3,(H,70,84)(H,71,85)(H,72,87)(H,73,86). The Balaban J connectivity index is 2.02. The molecule has 94 heavy (non-hydrogen) atoms. The third-order valence-corrected chi connectivity index (χ3v) is 19.5. The summed E-state index contributed by atoms with van der Waals surface area (Å²) in [5.41, 5.74) is 0. The van der Waals surface area contributed by atoms with Crippen molar-refractivity contribution in [2.45, 2.75) is 241 Å². The van der Waals surface area contributed by atoms with Crippen molar-refractivity contribution >= 4 is 65.5 Å². The van der Waals surface area contributed by atoms with Gasteiger partial charge in [0, 0.05) is 94.6 Å². The lowest BCUT2D eigenvalue weighted by Gasteiger charge is -2.44. The highest BCUT2D eigenvalue weighted by molar-refractivity contribution is 5.99. The van der Waals surface area contributed by atoms with Gasteiger partial charge in [-0.15, -0.1) is 0 Å². The van der Waals surface area contributed by atoms with Crippen LogP contribution < -0.4 is 21.3 Å². The van der Waals surface area contributed by atoms with E-state index in [0.717, 1.165) is 26.2 Å². The summed E-state index contributed by atoms with van der Waals surface area (Å²) in [5.74, 6) is -6.94. The fraction of sp³-hybridized carbons (Fsp3) is 0.812. The molecule has 25 heteroatoms. The van der Waals surface area contributed by atoms with E-state index >= 15 is 19.2 Å². The molecule has 0 spiro atoms. The summed E-state index contributed by atoms with van der Waals surface area (Å²) in [5, 5.41) is 11.4. The minimum Gasteiger partial charge on any atom is -0.370 e. The number of allylic oxidation sites excluding steroid dienone is 2. The average molecular weight is 1330 g/mol. The van der Waals surface area contributed by atoms with Gasteiger partial charge >= 0.3 is 0 Å². The van der Waals surface area contributed by atoms with Gasteiger partial charge in [-0.1, -0.05) is 94.7 Å². The molecule has 3 aliphatic rings. The SMILES string of the molecule is CC=CCC(C)C1OC(C)C(N(C)C(=O)C(CC(C)C)N(C)C(=O)C(CC(C)C)N(C)C=O)C(=O)N(C)C1C(=O)NC(CC)C(=O)N(C)C(C)C(=O)N(C)C(C(=O)NC(C(=O)N(C)C(CC(C)C)C(=O)NC(C)C(=O)NCC)C(C)C)C(C)CN1CCN(C2CCC2)CC1. The van der Waals surface area contributed by atoms with Crippen LogP contribution in [0.15, 0.2) is 12.2 Å². The summed E-state index contributed by atoms with van der Waals surface area (Å²) in [6, 6.07) is -10.5. The monoisotopic (exact) mass is 1330 g/mol. The molecule has 0 aromatic carbocycles. The Bertz CT molecular complexity index is 2570. The number of piperazine rings is 1. The number of rotatable bonds is 35. The van der Waals surface area contributed by atoms with Gasteiger partial charge in [-0.25, -0.2) is 0 Å². The topological polar surface area (TPSA) is 274 Å². The van der Waals surface area contributed by atoms with Crippen molar-refractivity contribution in [3.05, 3.63) is 12.2 Å². The maximum absolute atomic E-state index is 15.2. The first-order valence-electron chi connectivity index (χ1n) is 34.6. The number of nitrogens with zero attached hydrogens (tertiary/aromatic N) is 9. The van der Waals surface area contributed by atoms with Gasteiger partial charge in [0.1, 0.15) is 60.4 Å². The van der Waals surface area contributed by atoms with Gasteiger partial charge in [-0.3, -0.25) is 57.6 Å². The van der Waals surface area contributed by atoms with E-state index in [1.807, 2.05) is 74.5 Å². The quantitative estimate of drug-likeness (QED) is 0.0523. The van der Waals surface area contributed by atoms with Gasteiger partial charge in [0.05, 0.1) is 12.2 Å². The lowest BCUT2D eigenvalue weighted by Crippen LogP contribution is -2.63. The van der Waals surface area contributed by atoms with Crippen LogP contribution in [0.25, 0.3) is 0 Å². The summed E-state index contributed by atoms with van der Waals surface area (Å²) in [4.78, 5) is 172. The normalized spacial score (nSPS) is 21.5. The number of carbonyl (C=O) groups is 11. The van der Waals surface area contributed by atoms with Gasteiger partial charge in [-0.05, 0) is 115 Å². The Labute approximate surface area is 563 Å². The summed E-state index contributed by atoms with van der Waals surface area (Å²) in [7, 11) is 10.5. The molecule has 536 valence electrons. The maximum Gasteiger partial charge on any atom is 0.248 e. The predicted molar refractivity (Wildman–Crippen MR) is 364 cm³/mol. The van der Waals surface area contributed by atoms with Crippen LogP contribution in [-0.2, 0) is 57.5 Å². The third-order valence-electron chi connectivity index (χ3n) is 19.5. The van der Waals surface area contributed by atoms with E-state index in [2.05, 4.69) is 31.1 Å². The van der Waals surface area contributed by atoms with Crippen LogP contribution in [-0.4, -0.2) is 277 Å². The molecular formula is C69H123N13O12. The fourth-order valence-electron chi connectivity index (χ4n) is 13.2. The molecule has 3 fully saturated rings. The number of ether oxygens (including phenoxy) is 1. The van der Waals surface area contributed by atoms with E-state index in [9.17, 15) is 33.6 Å². The third kappa shape index (κ3) is 21.6. The van der Waals surface area contributed by atoms with Crippen molar-refractivity contribution in [1.29, 1.82) is 0 Å². The van der Waals surface area contributed by atoms with Crippen LogP contribution in [0.5, 0.6) is 0 Å². The van der Waals surface area contributed by atoms with Crippen molar-refractivity contribution in [2.24, 2.45) is 35.5 Å². The van der Waals surface area contributed by atoms with Crippen LogP contribution in [0, 0.1) is 35.5 Å². The second-order valence-corrected chi connectivity index (χ2v) is 28.7. The molecule has 0 aromatic rings. The van der Waals surface area contributed by atoms with Gasteiger partial charge in [0.25, 0.3) is 0 Å². The van der Waals surface area contributed by atoms with E-state index in [0.29, 0.717) is 38.4 Å². The number of likely N-dealkylation sites (N-methyl/N-ethyl adjacent to an activating group) is 8. The number of nitrogens with one attached hydrogen (secondary N) is 4. The first-order chi connectivity index (χ1) is 43.9. The first kappa shape index (κ1) is 82.0. The van der Waals surface area contributed by atoms with Gasteiger partial charge in [0.15, 0.2) is 0 Å². The number of hydrogen-bond donors (Lipinski definition) is 4. The van der Waals surface area contributed by atoms with Gasteiger partial charge in [-0.2, -0.15) is 0 Å². The molecule has 0 bridgehead atoms. The summed E-state index contributed by atoms with van der Waals surface area (Å²) < 4.78 is 6.79. The van der Waals surface area contributed by atoms with E-state index < -0.39 is 138 Å². The average Bonchev–Trinajstić information content (AvgIpc) is 1.58. The summed E-state index contributed by atoms with van der Waals surface area (Å²) >= 11 is 0. The Kier molecular flexibility index (Phi) is 33.1. The molecule has 2 aliphatic heterocycles. The summed E-state index contributed by atoms with van der Waals surface area (Å²) in [6.45, 7) is 33.1. The van der Waals surface area contributed by atoms with E-state index in [1.54, 1.807) is 48.5 Å². The molecule has 25 nitrogen and oxygen atoms in total. The molecule has 1 saturated carbocycles. The second-order valence-electron chi connectivity index (χ2n) is 28.7. The number of hydrogen-bond acceptors (Lipinski definition) is 14. The second kappa shape index (κ2) is 37.9. The minimum absolute atomic E-state index is 0.0347. The molecule has 1 aliphatic carbocycles. The molecule has 2 saturated heterocycles. The van der Waals surface area contributed by atoms with Crippen molar-refractivity contribution in [3.8, 4) is 0 Å². The molecule has 3 rings (SSSR count). The minimum atomic E-state index is -1.32. The van der Waals surface area contributed by atoms with Crippen molar-refractivity contribution < 1.29 is 57.5 Å². The summed E-state index contributed by atoms with van der Waals surface area (Å²) in [6.07, 6.45) is 7.40. The lowest BCUT2D eigenvalue weighted by atomic mass is 9.91. The van der Waals surface area contributed by atoms with Crippen LogP contribution in [0.3, 0.4) is 0 Å². The lowest BCUT2D eigenvalue weighted by molar-refractivity contribution is -0.154. The Morgan fingerprint density at radius 2 is 1.20 bits per heavy atom. The Morgan fingerprint density at radius 3 is 1.70 bits per heavy atom. The van der Waals surface area contributed by atoms with Crippen molar-refractivity contribution in [2.75, 3.05) is 88.6 Å². The van der Waals surface area contributed by atoms with E-state index in [1.165, 1.54) is 103 Å². The van der Waals surface area contributed by atoms with Crippen molar-refractivity contribution in [3.63, 3.8) is 0 Å². The maximum atomic E-state index is 15.2. The Morgan fingerprint density at radius 1 is 0.649 bits per heavy atom. The molecule has 2 heterocycles. The van der Waals surface area contributed by atoms with Crippen molar-refractivity contribution in [1.82, 2.24) is 65.4 Å². The number of amides is 11. The number of carbonyl (C=O) groups excluding carboxylic acids is 11.